The van der Waals surface area contributed by atoms with Gasteiger partial charge in [-0.05, 0) is 42.9 Å². The minimum absolute atomic E-state index is 0.281. The van der Waals surface area contributed by atoms with Crippen molar-refractivity contribution in [3.8, 4) is 0 Å². The number of ether oxygens (including phenoxy) is 1. The fraction of sp³-hybridized carbons (Fsp3) is 0.636. The molecule has 1 aliphatic carbocycles. The molecule has 0 N–H and O–H groups in total. The van der Waals surface area contributed by atoms with Crippen LogP contribution in [0.3, 0.4) is 0 Å². The van der Waals surface area contributed by atoms with Crippen LogP contribution in [0, 0.1) is 5.92 Å². The van der Waals surface area contributed by atoms with Crippen molar-refractivity contribution < 1.29 is 4.74 Å². The summed E-state index contributed by atoms with van der Waals surface area (Å²) in [7, 11) is 0. The molecule has 2 aliphatic heterocycles. The second-order valence-corrected chi connectivity index (χ2v) is 9.09. The van der Waals surface area contributed by atoms with E-state index in [9.17, 15) is 9.59 Å². The first-order valence-corrected chi connectivity index (χ1v) is 11.1. The van der Waals surface area contributed by atoms with Gasteiger partial charge >= 0.3 is 11.1 Å². The molecule has 8 nitrogen and oxygen atoms in total. The molecule has 0 amide bonds. The Hall–Kier alpha value is -2.32. The minimum atomic E-state index is -0.493. The molecule has 0 aromatic carbocycles. The molecule has 160 valence electrons. The zero-order chi connectivity index (χ0) is 20.6. The van der Waals surface area contributed by atoms with Crippen molar-refractivity contribution in [3.63, 3.8) is 0 Å². The van der Waals surface area contributed by atoms with Crippen molar-refractivity contribution in [2.24, 2.45) is 5.92 Å². The number of hydrogen-bond donors (Lipinski definition) is 0. The number of aromatic nitrogens is 4. The first-order valence-electron chi connectivity index (χ1n) is 11.1. The molecule has 3 aliphatic rings. The molecule has 0 radical (unpaired) electrons. The Labute approximate surface area is 175 Å². The van der Waals surface area contributed by atoms with Crippen LogP contribution in [0.5, 0.6) is 0 Å². The standard InChI is InChI=1S/C22H29N5O3/c28-20-21(29)27(13-17-4-2-1-3-5-17)24-19-14-30-22(16-26(19)20)8-11-25(15-22)12-18-6-9-23-10-7-18/h6-7,9-10,17H,1-5,8,11-16H2/t22-/m0/s1. The lowest BCUT2D eigenvalue weighted by molar-refractivity contribution is -0.0860. The third kappa shape index (κ3) is 3.86. The SMILES string of the molecule is O=c1c(=O)n2c(nn1CC1CCCCC1)CO[C@]1(CCN(Cc3ccncc3)C1)C2. The van der Waals surface area contributed by atoms with Crippen molar-refractivity contribution >= 4 is 0 Å². The maximum atomic E-state index is 12.9. The molecular formula is C22H29N5O3. The predicted octanol–water partition coefficient (Wildman–Crippen LogP) is 1.56. The predicted molar refractivity (Wildman–Crippen MR) is 111 cm³/mol. The molecule has 8 heteroatoms. The van der Waals surface area contributed by atoms with E-state index in [-0.39, 0.29) is 6.61 Å². The summed E-state index contributed by atoms with van der Waals surface area (Å²) >= 11 is 0. The summed E-state index contributed by atoms with van der Waals surface area (Å²) in [6.07, 6.45) is 10.3. The molecule has 30 heavy (non-hydrogen) atoms. The van der Waals surface area contributed by atoms with E-state index in [0.29, 0.717) is 24.8 Å². The second-order valence-electron chi connectivity index (χ2n) is 9.09. The van der Waals surface area contributed by atoms with Crippen LogP contribution in [0.2, 0.25) is 0 Å². The summed E-state index contributed by atoms with van der Waals surface area (Å²) in [5, 5.41) is 4.53. The lowest BCUT2D eigenvalue weighted by Gasteiger charge is -2.35. The van der Waals surface area contributed by atoms with E-state index in [1.807, 2.05) is 12.1 Å². The highest BCUT2D eigenvalue weighted by Gasteiger charge is 2.43. The van der Waals surface area contributed by atoms with E-state index in [0.717, 1.165) is 38.9 Å². The third-order valence-corrected chi connectivity index (χ3v) is 6.87. The quantitative estimate of drug-likeness (QED) is 0.710. The van der Waals surface area contributed by atoms with Gasteiger partial charge in [0.15, 0.2) is 5.82 Å². The Kier molecular flexibility index (Phi) is 5.28. The van der Waals surface area contributed by atoms with E-state index in [1.54, 1.807) is 17.0 Å². The fourth-order valence-corrected chi connectivity index (χ4v) is 5.20. The average molecular weight is 412 g/mol. The molecule has 0 bridgehead atoms. The van der Waals surface area contributed by atoms with Crippen molar-refractivity contribution in [2.75, 3.05) is 13.1 Å². The Balaban J connectivity index is 1.32. The normalized spacial score (nSPS) is 24.9. The zero-order valence-electron chi connectivity index (χ0n) is 17.3. The summed E-state index contributed by atoms with van der Waals surface area (Å²) < 4.78 is 9.24. The van der Waals surface area contributed by atoms with Crippen molar-refractivity contribution in [2.45, 2.75) is 70.4 Å². The van der Waals surface area contributed by atoms with E-state index in [2.05, 4.69) is 15.0 Å². The van der Waals surface area contributed by atoms with Gasteiger partial charge in [-0.3, -0.25) is 24.0 Å². The smallest absolute Gasteiger partial charge is 0.332 e. The maximum absolute atomic E-state index is 12.9. The van der Waals surface area contributed by atoms with Gasteiger partial charge in [0.25, 0.3) is 0 Å². The van der Waals surface area contributed by atoms with Gasteiger partial charge in [-0.1, -0.05) is 19.3 Å². The maximum Gasteiger partial charge on any atom is 0.332 e. The Bertz CT molecular complexity index is 1010. The van der Waals surface area contributed by atoms with Crippen LogP contribution in [0.4, 0.5) is 0 Å². The fourth-order valence-electron chi connectivity index (χ4n) is 5.20. The van der Waals surface area contributed by atoms with Crippen molar-refractivity contribution in [1.82, 2.24) is 24.2 Å². The van der Waals surface area contributed by atoms with Gasteiger partial charge in [0.05, 0.1) is 6.54 Å². The molecule has 2 fully saturated rings. The van der Waals surface area contributed by atoms with Crippen LogP contribution >= 0.6 is 0 Å². The number of pyridine rings is 1. The summed E-state index contributed by atoms with van der Waals surface area (Å²) in [5.74, 6) is 1.02. The van der Waals surface area contributed by atoms with Gasteiger partial charge in [-0.25, -0.2) is 4.68 Å². The lowest BCUT2D eigenvalue weighted by atomic mass is 9.89. The number of nitrogens with zero attached hydrogens (tertiary/aromatic N) is 5. The van der Waals surface area contributed by atoms with Crippen molar-refractivity contribution in [3.05, 3.63) is 56.6 Å². The largest absolute Gasteiger partial charge is 0.364 e. The Morgan fingerprint density at radius 1 is 1.07 bits per heavy atom. The topological polar surface area (TPSA) is 82.2 Å². The molecule has 1 saturated heterocycles. The molecular weight excluding hydrogens is 382 g/mol. The number of likely N-dealkylation sites (tertiary alicyclic amines) is 1. The zero-order valence-corrected chi connectivity index (χ0v) is 17.3. The van der Waals surface area contributed by atoms with E-state index < -0.39 is 16.7 Å². The molecule has 2 aromatic heterocycles. The van der Waals surface area contributed by atoms with E-state index in [1.165, 1.54) is 29.5 Å². The third-order valence-electron chi connectivity index (χ3n) is 6.87. The van der Waals surface area contributed by atoms with Crippen LogP contribution in [0.1, 0.15) is 49.9 Å². The average Bonchev–Trinajstić information content (AvgIpc) is 3.16. The Morgan fingerprint density at radius 2 is 1.87 bits per heavy atom. The van der Waals surface area contributed by atoms with Crippen LogP contribution < -0.4 is 11.1 Å². The number of hydrogen-bond acceptors (Lipinski definition) is 6. The number of fused-ring (bicyclic) bond motifs is 1. The summed E-state index contributed by atoms with van der Waals surface area (Å²) in [5.41, 5.74) is -0.158. The minimum Gasteiger partial charge on any atom is -0.364 e. The van der Waals surface area contributed by atoms with Gasteiger partial charge in [0.2, 0.25) is 0 Å². The molecule has 1 spiro atoms. The van der Waals surface area contributed by atoms with E-state index >= 15 is 0 Å². The molecule has 5 rings (SSSR count). The highest BCUT2D eigenvalue weighted by atomic mass is 16.5. The molecule has 1 atom stereocenters. The van der Waals surface area contributed by atoms with Crippen molar-refractivity contribution in [1.29, 1.82) is 0 Å². The Morgan fingerprint density at radius 3 is 2.67 bits per heavy atom. The van der Waals surface area contributed by atoms with E-state index in [4.69, 9.17) is 4.74 Å². The van der Waals surface area contributed by atoms with Gasteiger partial charge in [-0.2, -0.15) is 5.10 Å². The van der Waals surface area contributed by atoms with Gasteiger partial charge in [0, 0.05) is 38.6 Å². The summed E-state index contributed by atoms with van der Waals surface area (Å²) in [4.78, 5) is 32.0. The van der Waals surface area contributed by atoms with Gasteiger partial charge < -0.3 is 4.74 Å². The highest BCUT2D eigenvalue weighted by molar-refractivity contribution is 5.11. The molecule has 1 saturated carbocycles. The summed E-state index contributed by atoms with van der Waals surface area (Å²) in [6, 6.07) is 4.04. The highest BCUT2D eigenvalue weighted by Crippen LogP contribution is 2.32. The van der Waals surface area contributed by atoms with Crippen LogP contribution in [0.25, 0.3) is 0 Å². The van der Waals surface area contributed by atoms with Gasteiger partial charge in [0.1, 0.15) is 12.2 Å². The van der Waals surface area contributed by atoms with Crippen LogP contribution in [0.15, 0.2) is 34.1 Å². The van der Waals surface area contributed by atoms with Gasteiger partial charge in [-0.15, -0.1) is 0 Å². The first-order chi connectivity index (χ1) is 14.6. The summed E-state index contributed by atoms with van der Waals surface area (Å²) in [6.45, 7) is 3.71. The van der Waals surface area contributed by atoms with Crippen LogP contribution in [-0.2, 0) is 31.0 Å². The molecule has 2 aromatic rings. The number of rotatable bonds is 4. The monoisotopic (exact) mass is 411 g/mol. The lowest BCUT2D eigenvalue weighted by Crippen LogP contribution is -2.53. The molecule has 0 unspecified atom stereocenters. The first kappa shape index (κ1) is 19.6. The second kappa shape index (κ2) is 8.07. The van der Waals surface area contributed by atoms with Crippen LogP contribution in [-0.4, -0.2) is 42.9 Å². The molecule has 4 heterocycles.